The third-order valence-electron chi connectivity index (χ3n) is 4.29. The van der Waals surface area contributed by atoms with Crippen LogP contribution in [-0.4, -0.2) is 7.05 Å². The Kier molecular flexibility index (Phi) is 3.47. The van der Waals surface area contributed by atoms with Gasteiger partial charge in [-0.25, -0.2) is 0 Å². The van der Waals surface area contributed by atoms with Gasteiger partial charge in [0.1, 0.15) is 11.7 Å². The van der Waals surface area contributed by atoms with Crippen LogP contribution in [0.2, 0.25) is 0 Å². The molecule has 23 heavy (non-hydrogen) atoms. The average molecular weight is 340 g/mol. The van der Waals surface area contributed by atoms with Crippen LogP contribution in [0.3, 0.4) is 0 Å². The highest BCUT2D eigenvalue weighted by Crippen LogP contribution is 2.46. The predicted octanol–water partition coefficient (Wildman–Crippen LogP) is 4.88. The van der Waals surface area contributed by atoms with E-state index >= 15 is 0 Å². The first kappa shape index (κ1) is 14.8. The van der Waals surface area contributed by atoms with Gasteiger partial charge >= 0.3 is 0 Å². The highest BCUT2D eigenvalue weighted by atomic mass is 32.2. The van der Waals surface area contributed by atoms with Crippen LogP contribution in [0.1, 0.15) is 16.1 Å². The van der Waals surface area contributed by atoms with Gasteiger partial charge in [-0.15, -0.1) is 0 Å². The summed E-state index contributed by atoms with van der Waals surface area (Å²) in [7, 11) is 4.31. The Bertz CT molecular complexity index is 953. The van der Waals surface area contributed by atoms with Gasteiger partial charge in [-0.1, -0.05) is 35.2 Å². The van der Waals surface area contributed by atoms with Crippen LogP contribution in [0.4, 0.5) is 5.69 Å². The van der Waals surface area contributed by atoms with E-state index in [0.717, 1.165) is 0 Å². The van der Waals surface area contributed by atoms with Crippen molar-refractivity contribution >= 4 is 45.1 Å². The summed E-state index contributed by atoms with van der Waals surface area (Å²) in [4.78, 5) is 3.63. The lowest BCUT2D eigenvalue weighted by molar-refractivity contribution is -0.642. The zero-order chi connectivity index (χ0) is 16.1. The van der Waals surface area contributed by atoms with E-state index in [-0.39, 0.29) is 0 Å². The van der Waals surface area contributed by atoms with Crippen molar-refractivity contribution in [3.05, 3.63) is 57.6 Å². The van der Waals surface area contributed by atoms with Gasteiger partial charge in [0.25, 0.3) is 5.01 Å². The van der Waals surface area contributed by atoms with E-state index in [9.17, 15) is 0 Å². The number of thioether (sulfide) groups is 1. The molecule has 0 saturated carbocycles. The summed E-state index contributed by atoms with van der Waals surface area (Å²) >= 11 is 3.70. The van der Waals surface area contributed by atoms with Crippen molar-refractivity contribution in [2.75, 3.05) is 11.9 Å². The number of fused-ring (bicyclic) bond motifs is 2. The third-order valence-corrected chi connectivity index (χ3v) is 6.62. The largest absolute Gasteiger partial charge is 0.338 e. The summed E-state index contributed by atoms with van der Waals surface area (Å²) in [5.74, 6) is 0. The van der Waals surface area contributed by atoms with E-state index in [2.05, 4.69) is 79.9 Å². The van der Waals surface area contributed by atoms with Crippen LogP contribution in [0.5, 0.6) is 0 Å². The fourth-order valence-corrected chi connectivity index (χ4v) is 5.12. The zero-order valence-corrected chi connectivity index (χ0v) is 15.4. The first-order chi connectivity index (χ1) is 11.0. The molecule has 2 nitrogen and oxygen atoms in total. The van der Waals surface area contributed by atoms with Gasteiger partial charge in [0.15, 0.2) is 0 Å². The number of rotatable bonds is 1. The molecule has 2 aromatic carbocycles. The lowest BCUT2D eigenvalue weighted by Gasteiger charge is -2.13. The highest BCUT2D eigenvalue weighted by molar-refractivity contribution is 8.03. The Morgan fingerprint density at radius 1 is 1.04 bits per heavy atom. The summed E-state index contributed by atoms with van der Waals surface area (Å²) in [6, 6.07) is 13.3. The summed E-state index contributed by atoms with van der Waals surface area (Å²) < 4.78 is 3.63. The van der Waals surface area contributed by atoms with Gasteiger partial charge in [0.2, 0.25) is 5.52 Å². The number of nitrogens with zero attached hydrogens (tertiary/aromatic N) is 2. The molecule has 4 heteroatoms. The van der Waals surface area contributed by atoms with Crippen molar-refractivity contribution in [1.82, 2.24) is 0 Å². The highest BCUT2D eigenvalue weighted by Gasteiger charge is 2.24. The number of hydrogen-bond acceptors (Lipinski definition) is 3. The van der Waals surface area contributed by atoms with Crippen molar-refractivity contribution in [1.29, 1.82) is 0 Å². The zero-order valence-electron chi connectivity index (χ0n) is 13.8. The molecule has 0 fully saturated rings. The van der Waals surface area contributed by atoms with E-state index in [4.69, 9.17) is 0 Å². The van der Waals surface area contributed by atoms with Gasteiger partial charge in [0.05, 0.1) is 16.8 Å². The molecule has 4 rings (SSSR count). The van der Waals surface area contributed by atoms with Gasteiger partial charge in [0, 0.05) is 18.0 Å². The Balaban J connectivity index is 1.79. The van der Waals surface area contributed by atoms with Crippen LogP contribution < -0.4 is 9.47 Å². The molecule has 0 N–H and O–H groups in total. The molecule has 0 spiro atoms. The number of aryl methyl sites for hydroxylation is 3. The minimum Gasteiger partial charge on any atom is -0.338 e. The Labute approximate surface area is 145 Å². The topological polar surface area (TPSA) is 7.12 Å². The van der Waals surface area contributed by atoms with Crippen LogP contribution in [0.25, 0.3) is 16.3 Å². The molecule has 0 unspecified atom stereocenters. The van der Waals surface area contributed by atoms with E-state index in [1.165, 1.54) is 42.0 Å². The number of hydrogen-bond donors (Lipinski definition) is 0. The number of thiazole rings is 1. The molecule has 1 aliphatic rings. The number of aromatic nitrogens is 1. The minimum atomic E-state index is 1.28. The molecule has 0 amide bonds. The molecule has 116 valence electrons. The van der Waals surface area contributed by atoms with Crippen molar-refractivity contribution in [2.45, 2.75) is 18.7 Å². The monoisotopic (exact) mass is 339 g/mol. The second-order valence-electron chi connectivity index (χ2n) is 6.09. The van der Waals surface area contributed by atoms with Crippen molar-refractivity contribution < 1.29 is 4.57 Å². The van der Waals surface area contributed by atoms with Gasteiger partial charge in [-0.3, -0.25) is 0 Å². The van der Waals surface area contributed by atoms with Crippen LogP contribution in [0.15, 0.2) is 46.3 Å². The fraction of sp³-hybridized carbons (Fsp3) is 0.211. The summed E-state index contributed by atoms with van der Waals surface area (Å²) in [5, 5.41) is 2.56. The van der Waals surface area contributed by atoms with Crippen LogP contribution in [-0.2, 0) is 7.05 Å². The van der Waals surface area contributed by atoms with E-state index in [1.54, 1.807) is 0 Å². The normalized spacial score (nSPS) is 15.7. The molecular weight excluding hydrogens is 320 g/mol. The molecule has 1 aromatic heterocycles. The van der Waals surface area contributed by atoms with Gasteiger partial charge in [-0.05, 0) is 43.2 Å². The first-order valence-corrected chi connectivity index (χ1v) is 9.29. The molecule has 3 aromatic rings. The van der Waals surface area contributed by atoms with Gasteiger partial charge < -0.3 is 4.90 Å². The molecule has 1 aliphatic heterocycles. The first-order valence-electron chi connectivity index (χ1n) is 7.66. The van der Waals surface area contributed by atoms with E-state index < -0.39 is 0 Å². The third kappa shape index (κ3) is 2.46. The Hall–Kier alpha value is -1.78. The standard InChI is InChI=1S/C19H19N2S2/c1-12-5-7-16-14(9-12)20(3)18(22-16)11-19-21(4)15-10-13(2)6-8-17(15)23-19/h5-11H,1-4H3/q+1. The molecule has 0 saturated heterocycles. The quantitative estimate of drug-likeness (QED) is 0.583. The average Bonchev–Trinajstić information content (AvgIpc) is 2.99. The number of benzene rings is 2. The molecule has 0 radical (unpaired) electrons. The van der Waals surface area contributed by atoms with Crippen molar-refractivity contribution in [3.63, 3.8) is 0 Å². The minimum absolute atomic E-state index is 1.28. The van der Waals surface area contributed by atoms with E-state index in [0.29, 0.717) is 0 Å². The maximum Gasteiger partial charge on any atom is 0.265 e. The summed E-state index contributed by atoms with van der Waals surface area (Å²) in [6.07, 6.45) is 2.31. The van der Waals surface area contributed by atoms with Crippen LogP contribution >= 0.6 is 23.1 Å². The lowest BCUT2D eigenvalue weighted by Crippen LogP contribution is -2.29. The molecule has 0 bridgehead atoms. The summed E-state index contributed by atoms with van der Waals surface area (Å²) in [6.45, 7) is 4.30. The maximum absolute atomic E-state index is 2.31. The fourth-order valence-electron chi connectivity index (χ4n) is 2.91. The molecule has 0 aliphatic carbocycles. The van der Waals surface area contributed by atoms with E-state index in [1.807, 2.05) is 23.1 Å². The number of anilines is 1. The SMILES string of the molecule is Cc1ccc2c(c1)N(C)C(=Cc1sc3ccc(C)cc3[n+]1C)S2. The predicted molar refractivity (Wildman–Crippen MR) is 101 cm³/mol. The van der Waals surface area contributed by atoms with Crippen molar-refractivity contribution in [2.24, 2.45) is 7.05 Å². The lowest BCUT2D eigenvalue weighted by atomic mass is 10.2. The van der Waals surface area contributed by atoms with Crippen molar-refractivity contribution in [3.8, 4) is 0 Å². The molecular formula is C19H19N2S2+. The Morgan fingerprint density at radius 3 is 2.61 bits per heavy atom. The summed E-state index contributed by atoms with van der Waals surface area (Å²) in [5.41, 5.74) is 5.22. The van der Waals surface area contributed by atoms with Crippen LogP contribution in [0, 0.1) is 13.8 Å². The Morgan fingerprint density at radius 2 is 1.78 bits per heavy atom. The van der Waals surface area contributed by atoms with Gasteiger partial charge in [-0.2, -0.15) is 4.57 Å². The smallest absolute Gasteiger partial charge is 0.265 e. The molecule has 2 heterocycles. The second-order valence-corrected chi connectivity index (χ2v) is 8.21. The maximum atomic E-state index is 2.31. The second kappa shape index (κ2) is 5.39. The molecule has 0 atom stereocenters.